The van der Waals surface area contributed by atoms with Crippen LogP contribution in [-0.4, -0.2) is 36.4 Å². The molecule has 19 heavy (non-hydrogen) atoms. The van der Waals surface area contributed by atoms with E-state index in [0.717, 1.165) is 31.3 Å². The molecule has 2 fully saturated rings. The molecule has 1 heterocycles. The summed E-state index contributed by atoms with van der Waals surface area (Å²) in [4.78, 5) is 0. The predicted molar refractivity (Wildman–Crippen MR) is 80.3 cm³/mol. The molecule has 0 radical (unpaired) electrons. The van der Waals surface area contributed by atoms with Crippen molar-refractivity contribution in [2.24, 2.45) is 5.92 Å². The van der Waals surface area contributed by atoms with E-state index in [1.807, 2.05) is 0 Å². The zero-order valence-electron chi connectivity index (χ0n) is 12.5. The molecule has 3 heteroatoms. The Balaban J connectivity index is 1.78. The molecular formula is C16H32N2O. The highest BCUT2D eigenvalue weighted by molar-refractivity contribution is 4.90. The molecule has 0 aromatic rings. The molecule has 3 nitrogen and oxygen atoms in total. The minimum absolute atomic E-state index is 0.123. The second-order valence-corrected chi connectivity index (χ2v) is 6.42. The van der Waals surface area contributed by atoms with Crippen molar-refractivity contribution < 1.29 is 5.11 Å². The van der Waals surface area contributed by atoms with Crippen molar-refractivity contribution in [3.63, 3.8) is 0 Å². The van der Waals surface area contributed by atoms with E-state index < -0.39 is 0 Å². The van der Waals surface area contributed by atoms with Crippen LogP contribution in [0.2, 0.25) is 0 Å². The number of nitrogens with one attached hydrogen (secondary N) is 2. The molecule has 112 valence electrons. The standard InChI is InChI=1S/C16H32N2O/c1-2-13(19)10-12-18-16-8-4-3-7-14(16)15-9-5-6-11-17-15/h13-19H,2-12H2,1H3. The molecule has 0 bridgehead atoms. The molecule has 1 aliphatic carbocycles. The first-order chi connectivity index (χ1) is 9.31. The van der Waals surface area contributed by atoms with Gasteiger partial charge in [-0.25, -0.2) is 0 Å². The highest BCUT2D eigenvalue weighted by Crippen LogP contribution is 2.30. The van der Waals surface area contributed by atoms with Gasteiger partial charge in [-0.3, -0.25) is 0 Å². The lowest BCUT2D eigenvalue weighted by molar-refractivity contribution is 0.146. The number of aliphatic hydroxyl groups excluding tert-OH is 1. The van der Waals surface area contributed by atoms with E-state index in [1.165, 1.54) is 51.5 Å². The van der Waals surface area contributed by atoms with Crippen LogP contribution in [0.3, 0.4) is 0 Å². The molecule has 0 aromatic carbocycles. The minimum Gasteiger partial charge on any atom is -0.393 e. The molecule has 0 amide bonds. The largest absolute Gasteiger partial charge is 0.393 e. The van der Waals surface area contributed by atoms with Gasteiger partial charge in [0.1, 0.15) is 0 Å². The number of hydrogen-bond donors (Lipinski definition) is 3. The quantitative estimate of drug-likeness (QED) is 0.693. The summed E-state index contributed by atoms with van der Waals surface area (Å²) in [5.41, 5.74) is 0. The van der Waals surface area contributed by atoms with E-state index in [9.17, 15) is 5.11 Å². The van der Waals surface area contributed by atoms with E-state index in [4.69, 9.17) is 0 Å². The number of hydrogen-bond acceptors (Lipinski definition) is 3. The summed E-state index contributed by atoms with van der Waals surface area (Å²) in [5, 5.41) is 17.1. The van der Waals surface area contributed by atoms with E-state index in [-0.39, 0.29) is 6.10 Å². The molecule has 1 saturated heterocycles. The topological polar surface area (TPSA) is 44.3 Å². The van der Waals surface area contributed by atoms with Gasteiger partial charge in [-0.2, -0.15) is 0 Å². The molecule has 2 rings (SSSR count). The van der Waals surface area contributed by atoms with Gasteiger partial charge in [0.2, 0.25) is 0 Å². The Labute approximate surface area is 118 Å². The average molecular weight is 268 g/mol. The molecule has 1 aliphatic heterocycles. The fourth-order valence-corrected chi connectivity index (χ4v) is 3.78. The Morgan fingerprint density at radius 3 is 2.68 bits per heavy atom. The number of rotatable bonds is 6. The molecule has 4 unspecified atom stereocenters. The summed E-state index contributed by atoms with van der Waals surface area (Å²) in [6, 6.07) is 1.41. The third-order valence-electron chi connectivity index (χ3n) is 5.04. The first-order valence-corrected chi connectivity index (χ1v) is 8.46. The first-order valence-electron chi connectivity index (χ1n) is 8.46. The maximum absolute atomic E-state index is 9.65. The lowest BCUT2D eigenvalue weighted by Gasteiger charge is -2.40. The second kappa shape index (κ2) is 8.23. The average Bonchev–Trinajstić information content (AvgIpc) is 2.48. The van der Waals surface area contributed by atoms with Crippen LogP contribution in [-0.2, 0) is 0 Å². The van der Waals surface area contributed by atoms with Crippen molar-refractivity contribution in [2.75, 3.05) is 13.1 Å². The van der Waals surface area contributed by atoms with E-state index >= 15 is 0 Å². The predicted octanol–water partition coefficient (Wildman–Crippen LogP) is 2.44. The summed E-state index contributed by atoms with van der Waals surface area (Å²) >= 11 is 0. The van der Waals surface area contributed by atoms with Gasteiger partial charge >= 0.3 is 0 Å². The Kier molecular flexibility index (Phi) is 6.62. The lowest BCUT2D eigenvalue weighted by atomic mass is 9.77. The van der Waals surface area contributed by atoms with Crippen molar-refractivity contribution in [3.8, 4) is 0 Å². The summed E-state index contributed by atoms with van der Waals surface area (Å²) in [5.74, 6) is 0.813. The molecular weight excluding hydrogens is 236 g/mol. The van der Waals surface area contributed by atoms with Crippen molar-refractivity contribution in [1.29, 1.82) is 0 Å². The van der Waals surface area contributed by atoms with Gasteiger partial charge in [0, 0.05) is 12.1 Å². The highest BCUT2D eigenvalue weighted by atomic mass is 16.3. The molecule has 4 atom stereocenters. The summed E-state index contributed by atoms with van der Waals surface area (Å²) in [6.45, 7) is 4.24. The zero-order valence-corrected chi connectivity index (χ0v) is 12.5. The Bertz CT molecular complexity index is 241. The van der Waals surface area contributed by atoms with Crippen LogP contribution in [0.1, 0.15) is 64.7 Å². The number of aliphatic hydroxyl groups is 1. The molecule has 3 N–H and O–H groups in total. The van der Waals surface area contributed by atoms with Crippen LogP contribution in [0, 0.1) is 5.92 Å². The van der Waals surface area contributed by atoms with Crippen molar-refractivity contribution in [3.05, 3.63) is 0 Å². The fraction of sp³-hybridized carbons (Fsp3) is 1.00. The third kappa shape index (κ3) is 4.73. The fourth-order valence-electron chi connectivity index (χ4n) is 3.78. The van der Waals surface area contributed by atoms with Crippen molar-refractivity contribution in [2.45, 2.75) is 82.9 Å². The van der Waals surface area contributed by atoms with Crippen LogP contribution in [0.4, 0.5) is 0 Å². The normalized spacial score (nSPS) is 34.1. The maximum atomic E-state index is 9.65. The van der Waals surface area contributed by atoms with Gasteiger partial charge < -0.3 is 15.7 Å². The lowest BCUT2D eigenvalue weighted by Crippen LogP contribution is -2.50. The minimum atomic E-state index is -0.123. The van der Waals surface area contributed by atoms with E-state index in [0.29, 0.717) is 6.04 Å². The molecule has 0 aromatic heterocycles. The molecule has 1 saturated carbocycles. The monoisotopic (exact) mass is 268 g/mol. The highest BCUT2D eigenvalue weighted by Gasteiger charge is 2.31. The summed E-state index contributed by atoms with van der Waals surface area (Å²) in [7, 11) is 0. The van der Waals surface area contributed by atoms with Crippen molar-refractivity contribution >= 4 is 0 Å². The van der Waals surface area contributed by atoms with Gasteiger partial charge in [-0.1, -0.05) is 26.2 Å². The van der Waals surface area contributed by atoms with E-state index in [1.54, 1.807) is 0 Å². The van der Waals surface area contributed by atoms with Crippen LogP contribution < -0.4 is 10.6 Å². The van der Waals surface area contributed by atoms with Crippen LogP contribution in [0.5, 0.6) is 0 Å². The third-order valence-corrected chi connectivity index (χ3v) is 5.04. The Morgan fingerprint density at radius 1 is 1.16 bits per heavy atom. The maximum Gasteiger partial charge on any atom is 0.0549 e. The SMILES string of the molecule is CCC(O)CCNC1CCCCC1C1CCCCN1. The summed E-state index contributed by atoms with van der Waals surface area (Å²) < 4.78 is 0. The zero-order chi connectivity index (χ0) is 13.5. The van der Waals surface area contributed by atoms with Gasteiger partial charge in [0.25, 0.3) is 0 Å². The van der Waals surface area contributed by atoms with Crippen LogP contribution in [0.25, 0.3) is 0 Å². The van der Waals surface area contributed by atoms with E-state index in [2.05, 4.69) is 17.6 Å². The first kappa shape index (κ1) is 15.3. The second-order valence-electron chi connectivity index (χ2n) is 6.42. The van der Waals surface area contributed by atoms with Gasteiger partial charge in [-0.05, 0) is 57.5 Å². The van der Waals surface area contributed by atoms with Crippen LogP contribution in [0.15, 0.2) is 0 Å². The van der Waals surface area contributed by atoms with Crippen molar-refractivity contribution in [1.82, 2.24) is 10.6 Å². The van der Waals surface area contributed by atoms with Gasteiger partial charge in [-0.15, -0.1) is 0 Å². The Hall–Kier alpha value is -0.120. The Morgan fingerprint density at radius 2 is 1.95 bits per heavy atom. The van der Waals surface area contributed by atoms with Gasteiger partial charge in [0.15, 0.2) is 0 Å². The molecule has 0 spiro atoms. The van der Waals surface area contributed by atoms with Crippen LogP contribution >= 0.6 is 0 Å². The van der Waals surface area contributed by atoms with Gasteiger partial charge in [0.05, 0.1) is 6.10 Å². The number of piperidine rings is 1. The molecule has 2 aliphatic rings. The smallest absolute Gasteiger partial charge is 0.0549 e. The summed E-state index contributed by atoms with van der Waals surface area (Å²) in [6.07, 6.45) is 11.2.